The first-order valence-electron chi connectivity index (χ1n) is 5.60. The summed E-state index contributed by atoms with van der Waals surface area (Å²) in [5.74, 6) is -0.674. The summed E-state index contributed by atoms with van der Waals surface area (Å²) >= 11 is 0. The molecule has 0 radical (unpaired) electrons. The van der Waals surface area contributed by atoms with E-state index in [2.05, 4.69) is 10.1 Å². The number of Topliss-reactive ketones (excluding diaryl/α,β-unsaturated/α-hetero) is 1. The van der Waals surface area contributed by atoms with Gasteiger partial charge in [0.1, 0.15) is 12.6 Å². The summed E-state index contributed by atoms with van der Waals surface area (Å²) in [7, 11) is 0. The first-order valence-corrected chi connectivity index (χ1v) is 5.60. The molecule has 0 fully saturated rings. The van der Waals surface area contributed by atoms with Crippen molar-refractivity contribution in [2.75, 3.05) is 13.2 Å². The summed E-state index contributed by atoms with van der Waals surface area (Å²) in [4.78, 5) is 33.4. The second-order valence-electron chi connectivity index (χ2n) is 3.46. The van der Waals surface area contributed by atoms with E-state index < -0.39 is 12.1 Å². The van der Waals surface area contributed by atoms with Crippen molar-refractivity contribution in [3.63, 3.8) is 0 Å². The Balaban J connectivity index is 0. The highest BCUT2D eigenvalue weighted by atomic mass is 16.6. The summed E-state index contributed by atoms with van der Waals surface area (Å²) in [6.07, 6.45) is 0.276. The van der Waals surface area contributed by atoms with Crippen LogP contribution in [0.1, 0.15) is 41.0 Å². The molecule has 1 N–H and O–H groups in total. The Bertz CT molecular complexity index is 278. The van der Waals surface area contributed by atoms with E-state index in [-0.39, 0.29) is 32.4 Å². The molecular formula is C12H23NO5. The molecule has 0 rings (SSSR count). The Morgan fingerprint density at radius 2 is 1.78 bits per heavy atom. The normalized spacial score (nSPS) is 10.8. The van der Waals surface area contributed by atoms with Crippen LogP contribution in [0.5, 0.6) is 0 Å². The van der Waals surface area contributed by atoms with Crippen LogP contribution in [0.3, 0.4) is 0 Å². The Kier molecular flexibility index (Phi) is 11.0. The number of hydrogen-bond donors (Lipinski definition) is 1. The summed E-state index contributed by atoms with van der Waals surface area (Å²) in [5.41, 5.74) is 0. The van der Waals surface area contributed by atoms with E-state index in [0.717, 1.165) is 0 Å². The van der Waals surface area contributed by atoms with Crippen molar-refractivity contribution in [2.24, 2.45) is 0 Å². The van der Waals surface area contributed by atoms with Gasteiger partial charge in [-0.15, -0.1) is 0 Å². The van der Waals surface area contributed by atoms with Gasteiger partial charge >= 0.3 is 12.1 Å². The van der Waals surface area contributed by atoms with Crippen LogP contribution in [-0.4, -0.2) is 37.1 Å². The van der Waals surface area contributed by atoms with Crippen LogP contribution in [0.15, 0.2) is 0 Å². The van der Waals surface area contributed by atoms with Gasteiger partial charge in [-0.1, -0.05) is 14.4 Å². The molecule has 6 heteroatoms. The highest BCUT2D eigenvalue weighted by Gasteiger charge is 2.19. The number of hydrogen-bond acceptors (Lipinski definition) is 5. The van der Waals surface area contributed by atoms with Crippen LogP contribution in [-0.2, 0) is 19.1 Å². The zero-order valence-corrected chi connectivity index (χ0v) is 10.4. The number of rotatable bonds is 7. The van der Waals surface area contributed by atoms with E-state index in [9.17, 15) is 14.4 Å². The Hall–Kier alpha value is -1.59. The molecule has 0 saturated carbocycles. The lowest BCUT2D eigenvalue weighted by Crippen LogP contribution is -2.43. The number of alkyl carbamates (subject to hydrolysis) is 1. The number of ether oxygens (including phenoxy) is 2. The van der Waals surface area contributed by atoms with E-state index in [4.69, 9.17) is 4.74 Å². The predicted molar refractivity (Wildman–Crippen MR) is 67.2 cm³/mol. The van der Waals surface area contributed by atoms with Crippen molar-refractivity contribution in [1.29, 1.82) is 0 Å². The first-order chi connectivity index (χ1) is 8.01. The summed E-state index contributed by atoms with van der Waals surface area (Å²) < 4.78 is 9.49. The SMILES string of the molecule is C.CCCC(=O)OCC(NC(=O)OCC)C(C)=O. The lowest BCUT2D eigenvalue weighted by atomic mass is 10.2. The number of nitrogens with one attached hydrogen (secondary N) is 1. The van der Waals surface area contributed by atoms with E-state index in [1.807, 2.05) is 6.92 Å². The second kappa shape index (κ2) is 10.6. The molecule has 0 bridgehead atoms. The maximum absolute atomic E-state index is 11.2. The Labute approximate surface area is 108 Å². The maximum atomic E-state index is 11.2. The number of ketones is 1. The fourth-order valence-electron chi connectivity index (χ4n) is 1.03. The van der Waals surface area contributed by atoms with Crippen LogP contribution >= 0.6 is 0 Å². The largest absolute Gasteiger partial charge is 0.463 e. The molecule has 106 valence electrons. The second-order valence-corrected chi connectivity index (χ2v) is 3.46. The first kappa shape index (κ1) is 18.8. The van der Waals surface area contributed by atoms with Crippen molar-refractivity contribution in [3.8, 4) is 0 Å². The summed E-state index contributed by atoms with van der Waals surface area (Å²) in [6, 6.07) is -0.852. The Morgan fingerprint density at radius 3 is 2.22 bits per heavy atom. The molecule has 0 aromatic carbocycles. The van der Waals surface area contributed by atoms with E-state index in [1.54, 1.807) is 6.92 Å². The molecule has 0 aromatic rings. The highest BCUT2D eigenvalue weighted by molar-refractivity contribution is 5.85. The molecule has 1 atom stereocenters. The fraction of sp³-hybridized carbons (Fsp3) is 0.750. The summed E-state index contributed by atoms with van der Waals surface area (Å²) in [6.45, 7) is 4.87. The van der Waals surface area contributed by atoms with Gasteiger partial charge in [0, 0.05) is 6.42 Å². The molecule has 0 aromatic heterocycles. The van der Waals surface area contributed by atoms with Gasteiger partial charge in [-0.2, -0.15) is 0 Å². The van der Waals surface area contributed by atoms with Gasteiger partial charge in [-0.3, -0.25) is 9.59 Å². The van der Waals surface area contributed by atoms with E-state index in [0.29, 0.717) is 12.8 Å². The molecule has 1 amide bonds. The van der Waals surface area contributed by atoms with Crippen molar-refractivity contribution in [1.82, 2.24) is 5.32 Å². The predicted octanol–water partition coefficient (Wildman–Crippen LogP) is 1.67. The van der Waals surface area contributed by atoms with Gasteiger partial charge in [0.05, 0.1) is 6.61 Å². The van der Waals surface area contributed by atoms with E-state index in [1.165, 1.54) is 6.92 Å². The van der Waals surface area contributed by atoms with Gasteiger partial charge in [0.2, 0.25) is 0 Å². The van der Waals surface area contributed by atoms with Gasteiger partial charge in [0.25, 0.3) is 0 Å². The van der Waals surface area contributed by atoms with Crippen molar-refractivity contribution < 1.29 is 23.9 Å². The smallest absolute Gasteiger partial charge is 0.407 e. The van der Waals surface area contributed by atoms with Crippen molar-refractivity contribution in [2.45, 2.75) is 47.1 Å². The third-order valence-electron chi connectivity index (χ3n) is 1.92. The summed E-state index contributed by atoms with van der Waals surface area (Å²) in [5, 5.41) is 2.33. The fourth-order valence-corrected chi connectivity index (χ4v) is 1.03. The van der Waals surface area contributed by atoms with Gasteiger partial charge < -0.3 is 14.8 Å². The molecule has 6 nitrogen and oxygen atoms in total. The maximum Gasteiger partial charge on any atom is 0.407 e. The minimum atomic E-state index is -0.852. The molecular weight excluding hydrogens is 238 g/mol. The molecule has 0 aliphatic carbocycles. The van der Waals surface area contributed by atoms with Gasteiger partial charge in [-0.05, 0) is 20.3 Å². The molecule has 1 unspecified atom stereocenters. The topological polar surface area (TPSA) is 81.7 Å². The van der Waals surface area contributed by atoms with E-state index >= 15 is 0 Å². The zero-order chi connectivity index (χ0) is 13.3. The van der Waals surface area contributed by atoms with Crippen LogP contribution in [0.25, 0.3) is 0 Å². The van der Waals surface area contributed by atoms with Crippen LogP contribution in [0.4, 0.5) is 4.79 Å². The average Bonchev–Trinajstić information content (AvgIpc) is 2.24. The van der Waals surface area contributed by atoms with Gasteiger partial charge in [0.15, 0.2) is 5.78 Å². The quantitative estimate of drug-likeness (QED) is 0.705. The minimum Gasteiger partial charge on any atom is -0.463 e. The molecule has 18 heavy (non-hydrogen) atoms. The zero-order valence-electron chi connectivity index (χ0n) is 10.4. The number of carbonyl (C=O) groups excluding carboxylic acids is 3. The molecule has 0 aliphatic rings. The number of carbonyl (C=O) groups is 3. The highest BCUT2D eigenvalue weighted by Crippen LogP contribution is 1.95. The third kappa shape index (κ3) is 8.55. The number of amides is 1. The molecule has 0 spiro atoms. The van der Waals surface area contributed by atoms with Crippen LogP contribution in [0, 0.1) is 0 Å². The third-order valence-corrected chi connectivity index (χ3v) is 1.92. The average molecular weight is 261 g/mol. The number of esters is 1. The lowest BCUT2D eigenvalue weighted by molar-refractivity contribution is -0.145. The van der Waals surface area contributed by atoms with Crippen LogP contribution in [0.2, 0.25) is 0 Å². The standard InChI is InChI=1S/C11H19NO5.CH4/c1-4-6-10(14)17-7-9(8(3)13)12-11(15)16-5-2;/h9H,4-7H2,1-3H3,(H,12,15);1H4. The lowest BCUT2D eigenvalue weighted by Gasteiger charge is -2.15. The Morgan fingerprint density at radius 1 is 1.17 bits per heavy atom. The van der Waals surface area contributed by atoms with Gasteiger partial charge in [-0.25, -0.2) is 4.79 Å². The molecule has 0 aliphatic heterocycles. The van der Waals surface area contributed by atoms with Crippen molar-refractivity contribution in [3.05, 3.63) is 0 Å². The van der Waals surface area contributed by atoms with Crippen molar-refractivity contribution >= 4 is 17.8 Å². The monoisotopic (exact) mass is 261 g/mol. The van der Waals surface area contributed by atoms with Crippen LogP contribution < -0.4 is 5.32 Å². The molecule has 0 saturated heterocycles. The molecule has 0 heterocycles. The minimum absolute atomic E-state index is 0.